The van der Waals surface area contributed by atoms with Crippen molar-refractivity contribution in [3.63, 3.8) is 0 Å². The molecule has 5 heteroatoms. The highest BCUT2D eigenvalue weighted by Gasteiger charge is 2.16. The summed E-state index contributed by atoms with van der Waals surface area (Å²) in [7, 11) is -1.48. The first-order valence-corrected chi connectivity index (χ1v) is 9.14. The van der Waals surface area contributed by atoms with Gasteiger partial charge in [-0.25, -0.2) is 4.98 Å². The minimum atomic E-state index is -1.48. The van der Waals surface area contributed by atoms with Gasteiger partial charge in [0.2, 0.25) is 0 Å². The van der Waals surface area contributed by atoms with Crippen molar-refractivity contribution in [3.8, 4) is 17.1 Å². The Bertz CT molecular complexity index is 1290. The summed E-state index contributed by atoms with van der Waals surface area (Å²) in [6, 6.07) is 29.9. The van der Waals surface area contributed by atoms with E-state index in [1.807, 2.05) is 42.5 Å². The Morgan fingerprint density at radius 2 is 1.43 bits per heavy atom. The quantitative estimate of drug-likeness (QED) is 0.482. The van der Waals surface area contributed by atoms with E-state index in [-0.39, 0.29) is 0 Å². The highest BCUT2D eigenvalue weighted by atomic mass is 16.4. The molecular formula is C23H17BN2O2. The van der Waals surface area contributed by atoms with E-state index in [2.05, 4.69) is 41.0 Å². The number of imidazole rings is 1. The molecule has 4 nitrogen and oxygen atoms in total. The predicted molar refractivity (Wildman–Crippen MR) is 114 cm³/mol. The molecule has 0 aliphatic carbocycles. The van der Waals surface area contributed by atoms with Crippen molar-refractivity contribution in [2.75, 3.05) is 0 Å². The Morgan fingerprint density at radius 1 is 0.714 bits per heavy atom. The van der Waals surface area contributed by atoms with Gasteiger partial charge in [0.05, 0.1) is 11.0 Å². The van der Waals surface area contributed by atoms with Gasteiger partial charge in [-0.3, -0.25) is 4.57 Å². The fraction of sp³-hybridized carbons (Fsp3) is 0. The van der Waals surface area contributed by atoms with Gasteiger partial charge in [0.1, 0.15) is 5.82 Å². The molecule has 0 saturated carbocycles. The Balaban J connectivity index is 1.75. The van der Waals surface area contributed by atoms with Crippen LogP contribution < -0.4 is 5.46 Å². The molecule has 1 heterocycles. The summed E-state index contributed by atoms with van der Waals surface area (Å²) >= 11 is 0. The Kier molecular flexibility index (Phi) is 3.97. The van der Waals surface area contributed by atoms with Gasteiger partial charge in [-0.15, -0.1) is 0 Å². The first-order valence-electron chi connectivity index (χ1n) is 9.14. The van der Waals surface area contributed by atoms with Gasteiger partial charge in [0.15, 0.2) is 0 Å². The van der Waals surface area contributed by atoms with Crippen molar-refractivity contribution in [1.82, 2.24) is 9.55 Å². The number of nitrogens with zero attached hydrogens (tertiary/aromatic N) is 2. The SMILES string of the molecule is OB(O)c1ccc(-c2nc3ccccc3n2-c2ccc3ccccc3c2)cc1. The standard InChI is InChI=1S/C23H17BN2O2/c27-24(28)19-12-9-17(10-13-19)23-25-21-7-3-4-8-22(21)26(23)20-14-11-16-5-1-2-6-18(16)15-20/h1-15,27-28H. The Hall–Kier alpha value is -3.41. The van der Waals surface area contributed by atoms with Crippen LogP contribution in [0.3, 0.4) is 0 Å². The fourth-order valence-corrected chi connectivity index (χ4v) is 3.60. The maximum absolute atomic E-state index is 9.37. The average Bonchev–Trinajstić information content (AvgIpc) is 3.13. The van der Waals surface area contributed by atoms with Crippen LogP contribution in [0.4, 0.5) is 0 Å². The van der Waals surface area contributed by atoms with Gasteiger partial charge in [-0.05, 0) is 40.5 Å². The molecule has 0 bridgehead atoms. The van der Waals surface area contributed by atoms with Gasteiger partial charge in [-0.1, -0.05) is 66.7 Å². The van der Waals surface area contributed by atoms with Gasteiger partial charge >= 0.3 is 7.12 Å². The number of aromatic nitrogens is 2. The van der Waals surface area contributed by atoms with Crippen LogP contribution in [-0.2, 0) is 0 Å². The van der Waals surface area contributed by atoms with E-state index in [1.165, 1.54) is 10.8 Å². The molecule has 0 amide bonds. The predicted octanol–water partition coefficient (Wildman–Crippen LogP) is 3.53. The molecule has 0 aliphatic heterocycles. The fourth-order valence-electron chi connectivity index (χ4n) is 3.60. The summed E-state index contributed by atoms with van der Waals surface area (Å²) in [6.07, 6.45) is 0. The second-order valence-corrected chi connectivity index (χ2v) is 6.79. The molecule has 5 aromatic rings. The zero-order valence-electron chi connectivity index (χ0n) is 15.0. The van der Waals surface area contributed by atoms with Gasteiger partial charge in [-0.2, -0.15) is 0 Å². The summed E-state index contributed by atoms with van der Waals surface area (Å²) in [5.41, 5.74) is 4.34. The average molecular weight is 364 g/mol. The van der Waals surface area contributed by atoms with Crippen molar-refractivity contribution in [1.29, 1.82) is 0 Å². The van der Waals surface area contributed by atoms with E-state index >= 15 is 0 Å². The van der Waals surface area contributed by atoms with Crippen LogP contribution in [0.1, 0.15) is 0 Å². The monoisotopic (exact) mass is 364 g/mol. The second-order valence-electron chi connectivity index (χ2n) is 6.79. The van der Waals surface area contributed by atoms with Crippen LogP contribution in [0.25, 0.3) is 38.9 Å². The normalized spacial score (nSPS) is 11.2. The maximum atomic E-state index is 9.37. The van der Waals surface area contributed by atoms with Crippen LogP contribution in [0.15, 0.2) is 91.0 Å². The van der Waals surface area contributed by atoms with Gasteiger partial charge in [0, 0.05) is 11.3 Å². The van der Waals surface area contributed by atoms with Gasteiger partial charge < -0.3 is 10.0 Å². The Morgan fingerprint density at radius 3 is 2.21 bits per heavy atom. The van der Waals surface area contributed by atoms with Gasteiger partial charge in [0.25, 0.3) is 0 Å². The summed E-state index contributed by atoms with van der Waals surface area (Å²) in [6.45, 7) is 0. The summed E-state index contributed by atoms with van der Waals surface area (Å²) < 4.78 is 2.14. The molecule has 0 atom stereocenters. The first kappa shape index (κ1) is 16.7. The highest BCUT2D eigenvalue weighted by Crippen LogP contribution is 2.29. The largest absolute Gasteiger partial charge is 0.488 e. The summed E-state index contributed by atoms with van der Waals surface area (Å²) in [5, 5.41) is 21.1. The smallest absolute Gasteiger partial charge is 0.423 e. The van der Waals surface area contributed by atoms with Crippen molar-refractivity contribution in [3.05, 3.63) is 91.0 Å². The molecule has 134 valence electrons. The molecule has 28 heavy (non-hydrogen) atoms. The van der Waals surface area contributed by atoms with E-state index in [0.717, 1.165) is 28.1 Å². The third-order valence-electron chi connectivity index (χ3n) is 5.02. The van der Waals surface area contributed by atoms with E-state index in [4.69, 9.17) is 4.98 Å². The summed E-state index contributed by atoms with van der Waals surface area (Å²) in [5.74, 6) is 0.815. The van der Waals surface area contributed by atoms with Crippen LogP contribution in [0, 0.1) is 0 Å². The Labute approximate surface area is 162 Å². The topological polar surface area (TPSA) is 58.3 Å². The molecule has 0 radical (unpaired) electrons. The molecule has 0 saturated heterocycles. The molecule has 0 unspecified atom stereocenters. The molecular weight excluding hydrogens is 347 g/mol. The number of benzene rings is 4. The molecule has 0 aliphatic rings. The minimum absolute atomic E-state index is 0.456. The number of hydrogen-bond donors (Lipinski definition) is 2. The van der Waals surface area contributed by atoms with E-state index < -0.39 is 7.12 Å². The lowest BCUT2D eigenvalue weighted by molar-refractivity contribution is 0.426. The first-order chi connectivity index (χ1) is 13.7. The van der Waals surface area contributed by atoms with Crippen LogP contribution in [0.2, 0.25) is 0 Å². The lowest BCUT2D eigenvalue weighted by atomic mass is 9.80. The lowest BCUT2D eigenvalue weighted by Crippen LogP contribution is -2.29. The van der Waals surface area contributed by atoms with Crippen LogP contribution in [0.5, 0.6) is 0 Å². The molecule has 0 spiro atoms. The molecule has 1 aromatic heterocycles. The zero-order chi connectivity index (χ0) is 19.1. The minimum Gasteiger partial charge on any atom is -0.423 e. The maximum Gasteiger partial charge on any atom is 0.488 e. The molecule has 0 fully saturated rings. The second kappa shape index (κ2) is 6.64. The molecule has 4 aromatic carbocycles. The number of rotatable bonds is 3. The van der Waals surface area contributed by atoms with Crippen molar-refractivity contribution in [2.24, 2.45) is 0 Å². The molecule has 2 N–H and O–H groups in total. The highest BCUT2D eigenvalue weighted by molar-refractivity contribution is 6.58. The van der Waals surface area contributed by atoms with Crippen molar-refractivity contribution >= 4 is 34.4 Å². The van der Waals surface area contributed by atoms with Crippen LogP contribution in [-0.4, -0.2) is 26.7 Å². The van der Waals surface area contributed by atoms with E-state index in [0.29, 0.717) is 5.46 Å². The summed E-state index contributed by atoms with van der Waals surface area (Å²) in [4.78, 5) is 4.85. The number of fused-ring (bicyclic) bond motifs is 2. The third kappa shape index (κ3) is 2.78. The van der Waals surface area contributed by atoms with E-state index in [1.54, 1.807) is 12.1 Å². The van der Waals surface area contributed by atoms with Crippen molar-refractivity contribution < 1.29 is 10.0 Å². The molecule has 5 rings (SSSR count). The zero-order valence-corrected chi connectivity index (χ0v) is 15.0. The number of hydrogen-bond acceptors (Lipinski definition) is 3. The van der Waals surface area contributed by atoms with Crippen molar-refractivity contribution in [2.45, 2.75) is 0 Å². The third-order valence-corrected chi connectivity index (χ3v) is 5.02. The van der Waals surface area contributed by atoms with E-state index in [9.17, 15) is 10.0 Å². The lowest BCUT2D eigenvalue weighted by Gasteiger charge is -2.11. The van der Waals surface area contributed by atoms with Crippen LogP contribution >= 0.6 is 0 Å². The number of para-hydroxylation sites is 2.